The third kappa shape index (κ3) is 4.46. The van der Waals surface area contributed by atoms with Gasteiger partial charge in [-0.3, -0.25) is 4.90 Å². The predicted molar refractivity (Wildman–Crippen MR) is 103 cm³/mol. The minimum absolute atomic E-state index is 0.641. The van der Waals surface area contributed by atoms with E-state index in [1.807, 2.05) is 37.3 Å². The van der Waals surface area contributed by atoms with Gasteiger partial charge in [-0.25, -0.2) is 0 Å². The molecule has 0 aromatic heterocycles. The van der Waals surface area contributed by atoms with Crippen molar-refractivity contribution in [2.45, 2.75) is 20.0 Å². The third-order valence-corrected chi connectivity index (χ3v) is 4.60. The fourth-order valence-corrected chi connectivity index (χ4v) is 3.16. The number of hydrogen-bond donors (Lipinski definition) is 0. The van der Waals surface area contributed by atoms with Crippen LogP contribution in [0, 0.1) is 0 Å². The van der Waals surface area contributed by atoms with Gasteiger partial charge in [-0.05, 0) is 19.1 Å². The second-order valence-corrected chi connectivity index (χ2v) is 6.30. The summed E-state index contributed by atoms with van der Waals surface area (Å²) in [6.07, 6.45) is 0. The van der Waals surface area contributed by atoms with Crippen molar-refractivity contribution in [3.63, 3.8) is 0 Å². The summed E-state index contributed by atoms with van der Waals surface area (Å²) in [6, 6.07) is 9.78. The van der Waals surface area contributed by atoms with Crippen LogP contribution in [0.5, 0.6) is 28.7 Å². The molecule has 1 heterocycles. The molecule has 0 bridgehead atoms. The van der Waals surface area contributed by atoms with E-state index in [0.717, 1.165) is 48.0 Å². The number of methoxy groups -OCH3 is 3. The number of fused-ring (bicyclic) bond motifs is 2. The highest BCUT2D eigenvalue weighted by atomic mass is 16.5. The summed E-state index contributed by atoms with van der Waals surface area (Å²) in [5.74, 6) is 3.63. The van der Waals surface area contributed by atoms with Crippen LogP contribution in [0.4, 0.5) is 0 Å². The van der Waals surface area contributed by atoms with Crippen LogP contribution in [0.25, 0.3) is 0 Å². The molecular formula is C21H27NO5. The van der Waals surface area contributed by atoms with Crippen LogP contribution >= 0.6 is 0 Å². The minimum atomic E-state index is 0.641. The van der Waals surface area contributed by atoms with E-state index < -0.39 is 0 Å². The maximum Gasteiger partial charge on any atom is 0.164 e. The molecule has 0 radical (unpaired) electrons. The zero-order valence-corrected chi connectivity index (χ0v) is 16.4. The van der Waals surface area contributed by atoms with Crippen LogP contribution in [0.15, 0.2) is 30.3 Å². The van der Waals surface area contributed by atoms with Gasteiger partial charge in [-0.1, -0.05) is 6.07 Å². The summed E-state index contributed by atoms with van der Waals surface area (Å²) in [6.45, 7) is 5.73. The van der Waals surface area contributed by atoms with Gasteiger partial charge in [-0.2, -0.15) is 0 Å². The Morgan fingerprint density at radius 1 is 0.889 bits per heavy atom. The number of hydrogen-bond acceptors (Lipinski definition) is 6. The van der Waals surface area contributed by atoms with Crippen LogP contribution in [-0.4, -0.2) is 46.0 Å². The number of rotatable bonds is 7. The first-order chi connectivity index (χ1) is 13.2. The van der Waals surface area contributed by atoms with Crippen LogP contribution in [0.1, 0.15) is 18.1 Å². The van der Waals surface area contributed by atoms with Crippen molar-refractivity contribution < 1.29 is 23.7 Å². The standard InChI is InChI=1S/C21H27NO5/c1-5-26-9-8-22-13-15-6-7-17(23-2)11-18(15)27-19-12-21(25-4)20(24-3)10-16(19)14-22/h6-7,10-12H,5,8-9,13-14H2,1-4H3. The van der Waals surface area contributed by atoms with E-state index in [1.54, 1.807) is 21.3 Å². The molecule has 1 aliphatic heterocycles. The maximum absolute atomic E-state index is 6.27. The molecule has 0 N–H and O–H groups in total. The molecule has 6 heteroatoms. The SMILES string of the molecule is CCOCCN1Cc2ccc(OC)cc2Oc2cc(OC)c(OC)cc2C1. The molecule has 6 nitrogen and oxygen atoms in total. The van der Waals surface area contributed by atoms with Gasteiger partial charge in [0.25, 0.3) is 0 Å². The molecule has 0 spiro atoms. The summed E-state index contributed by atoms with van der Waals surface area (Å²) in [4.78, 5) is 2.34. The van der Waals surface area contributed by atoms with Gasteiger partial charge >= 0.3 is 0 Å². The first-order valence-electron chi connectivity index (χ1n) is 9.08. The Kier molecular flexibility index (Phi) is 6.42. The molecule has 27 heavy (non-hydrogen) atoms. The molecule has 0 saturated heterocycles. The number of ether oxygens (including phenoxy) is 5. The average molecular weight is 373 g/mol. The highest BCUT2D eigenvalue weighted by Gasteiger charge is 2.21. The minimum Gasteiger partial charge on any atom is -0.497 e. The van der Waals surface area contributed by atoms with Gasteiger partial charge in [0.1, 0.15) is 17.2 Å². The van der Waals surface area contributed by atoms with Crippen molar-refractivity contribution >= 4 is 0 Å². The quantitative estimate of drug-likeness (QED) is 0.687. The molecule has 146 valence electrons. The molecule has 2 aromatic carbocycles. The lowest BCUT2D eigenvalue weighted by molar-refractivity contribution is 0.106. The van der Waals surface area contributed by atoms with Gasteiger partial charge in [0.2, 0.25) is 0 Å². The molecular weight excluding hydrogens is 346 g/mol. The third-order valence-electron chi connectivity index (χ3n) is 4.60. The first-order valence-corrected chi connectivity index (χ1v) is 9.08. The summed E-state index contributed by atoms with van der Waals surface area (Å²) in [7, 11) is 4.92. The molecule has 0 amide bonds. The maximum atomic E-state index is 6.27. The lowest BCUT2D eigenvalue weighted by atomic mass is 10.1. The highest BCUT2D eigenvalue weighted by Crippen LogP contribution is 2.40. The van der Waals surface area contributed by atoms with Gasteiger partial charge in [-0.15, -0.1) is 0 Å². The Morgan fingerprint density at radius 3 is 2.30 bits per heavy atom. The highest BCUT2D eigenvalue weighted by molar-refractivity contribution is 5.53. The molecule has 0 saturated carbocycles. The van der Waals surface area contributed by atoms with Gasteiger partial charge in [0.15, 0.2) is 11.5 Å². The topological polar surface area (TPSA) is 49.4 Å². The van der Waals surface area contributed by atoms with Crippen LogP contribution in [-0.2, 0) is 17.8 Å². The van der Waals surface area contributed by atoms with Crippen molar-refractivity contribution in [1.29, 1.82) is 0 Å². The Bertz CT molecular complexity index is 777. The van der Waals surface area contributed by atoms with Crippen LogP contribution < -0.4 is 18.9 Å². The van der Waals surface area contributed by atoms with Crippen LogP contribution in [0.3, 0.4) is 0 Å². The summed E-state index contributed by atoms with van der Waals surface area (Å²) in [5.41, 5.74) is 2.14. The van der Waals surface area contributed by atoms with E-state index >= 15 is 0 Å². The average Bonchev–Trinajstić information content (AvgIpc) is 2.68. The number of benzene rings is 2. The molecule has 0 aliphatic carbocycles. The van der Waals surface area contributed by atoms with E-state index in [2.05, 4.69) is 4.90 Å². The van der Waals surface area contributed by atoms with E-state index in [0.29, 0.717) is 24.7 Å². The monoisotopic (exact) mass is 373 g/mol. The fraction of sp³-hybridized carbons (Fsp3) is 0.429. The fourth-order valence-electron chi connectivity index (χ4n) is 3.16. The summed E-state index contributed by atoms with van der Waals surface area (Å²) < 4.78 is 28.1. The predicted octanol–water partition coefficient (Wildman–Crippen LogP) is 3.86. The Hall–Kier alpha value is -2.44. The Balaban J connectivity index is 2.02. The lowest BCUT2D eigenvalue weighted by Gasteiger charge is -2.28. The lowest BCUT2D eigenvalue weighted by Crippen LogP contribution is -2.28. The Morgan fingerprint density at radius 2 is 1.59 bits per heavy atom. The number of nitrogens with zero attached hydrogens (tertiary/aromatic N) is 1. The van der Waals surface area contributed by atoms with E-state index in [9.17, 15) is 0 Å². The van der Waals surface area contributed by atoms with Crippen molar-refractivity contribution in [1.82, 2.24) is 4.90 Å². The molecule has 1 aliphatic rings. The Labute approximate surface area is 160 Å². The van der Waals surface area contributed by atoms with Crippen molar-refractivity contribution in [3.8, 4) is 28.7 Å². The normalized spacial score (nSPS) is 13.6. The van der Waals surface area contributed by atoms with Crippen molar-refractivity contribution in [2.75, 3.05) is 41.1 Å². The second-order valence-electron chi connectivity index (χ2n) is 6.30. The second kappa shape index (κ2) is 8.97. The largest absolute Gasteiger partial charge is 0.497 e. The molecule has 2 aromatic rings. The molecule has 0 atom stereocenters. The zero-order valence-electron chi connectivity index (χ0n) is 16.4. The summed E-state index contributed by atoms with van der Waals surface area (Å²) in [5, 5.41) is 0. The van der Waals surface area contributed by atoms with Crippen molar-refractivity contribution in [2.24, 2.45) is 0 Å². The van der Waals surface area contributed by atoms with E-state index in [-0.39, 0.29) is 0 Å². The smallest absolute Gasteiger partial charge is 0.164 e. The molecule has 0 fully saturated rings. The van der Waals surface area contributed by atoms with Gasteiger partial charge < -0.3 is 23.7 Å². The molecule has 3 rings (SSSR count). The first kappa shape index (κ1) is 19.3. The molecule has 0 unspecified atom stereocenters. The zero-order chi connectivity index (χ0) is 19.2. The summed E-state index contributed by atoms with van der Waals surface area (Å²) >= 11 is 0. The van der Waals surface area contributed by atoms with E-state index in [1.165, 1.54) is 0 Å². The van der Waals surface area contributed by atoms with Crippen LogP contribution in [0.2, 0.25) is 0 Å². The van der Waals surface area contributed by atoms with Crippen molar-refractivity contribution in [3.05, 3.63) is 41.5 Å². The van der Waals surface area contributed by atoms with E-state index in [4.69, 9.17) is 23.7 Å². The van der Waals surface area contributed by atoms with Gasteiger partial charge in [0, 0.05) is 49.5 Å². The van der Waals surface area contributed by atoms with Gasteiger partial charge in [0.05, 0.1) is 27.9 Å².